The molecule has 0 radical (unpaired) electrons. The fourth-order valence-corrected chi connectivity index (χ4v) is 5.88. The average Bonchev–Trinajstić information content (AvgIpc) is 3.10. The minimum absolute atomic E-state index is 0.0396. The van der Waals surface area contributed by atoms with Crippen LogP contribution in [0.15, 0.2) is 34.2 Å². The lowest BCUT2D eigenvalue weighted by atomic mass is 9.97. The number of rotatable bonds is 6. The topological polar surface area (TPSA) is 95.1 Å². The number of ketones is 1. The molecule has 4 rings (SSSR count). The Labute approximate surface area is 174 Å². The highest BCUT2D eigenvalue weighted by molar-refractivity contribution is 7.99. The Balaban J connectivity index is 1.64. The Kier molecular flexibility index (Phi) is 5.51. The van der Waals surface area contributed by atoms with Crippen LogP contribution in [0.5, 0.6) is 0 Å². The maximum absolute atomic E-state index is 13.1. The molecule has 7 nitrogen and oxygen atoms in total. The van der Waals surface area contributed by atoms with Crippen molar-refractivity contribution < 1.29 is 9.72 Å². The summed E-state index contributed by atoms with van der Waals surface area (Å²) in [5, 5.41) is 12.2. The van der Waals surface area contributed by atoms with Gasteiger partial charge in [0.05, 0.1) is 16.1 Å². The quantitative estimate of drug-likeness (QED) is 0.191. The minimum Gasteiger partial charge on any atom is -0.293 e. The molecule has 9 heteroatoms. The Morgan fingerprint density at radius 2 is 2.14 bits per heavy atom. The number of nitro groups is 1. The first-order valence-electron chi connectivity index (χ1n) is 9.45. The van der Waals surface area contributed by atoms with Crippen molar-refractivity contribution in [3.05, 3.63) is 60.7 Å². The summed E-state index contributed by atoms with van der Waals surface area (Å²) in [6.07, 6.45) is 4.16. The molecule has 0 spiro atoms. The molecule has 1 aliphatic carbocycles. The minimum atomic E-state index is -0.521. The third-order valence-electron chi connectivity index (χ3n) is 5.07. The molecule has 0 aliphatic heterocycles. The van der Waals surface area contributed by atoms with Crippen LogP contribution >= 0.6 is 23.1 Å². The number of carbonyl (C=O) groups is 1. The number of non-ortho nitro benzene ring substituents is 1. The number of Topliss-reactive ketones (excluding diaryl/α,β-unsaturated/α-hetero) is 1. The summed E-state index contributed by atoms with van der Waals surface area (Å²) in [7, 11) is 0. The molecule has 0 N–H and O–H groups in total. The van der Waals surface area contributed by atoms with Crippen molar-refractivity contribution in [3.8, 4) is 0 Å². The highest BCUT2D eigenvalue weighted by Gasteiger charge is 2.22. The van der Waals surface area contributed by atoms with Crippen molar-refractivity contribution in [3.63, 3.8) is 0 Å². The van der Waals surface area contributed by atoms with Gasteiger partial charge in [-0.15, -0.1) is 11.3 Å². The first-order chi connectivity index (χ1) is 14.0. The highest BCUT2D eigenvalue weighted by atomic mass is 32.2. The van der Waals surface area contributed by atoms with E-state index in [-0.39, 0.29) is 28.3 Å². The molecule has 0 saturated heterocycles. The number of thioether (sulfide) groups is 1. The van der Waals surface area contributed by atoms with Crippen molar-refractivity contribution in [2.24, 2.45) is 0 Å². The van der Waals surface area contributed by atoms with Crippen LogP contribution in [0, 0.1) is 10.1 Å². The third kappa shape index (κ3) is 3.72. The van der Waals surface area contributed by atoms with Crippen LogP contribution in [0.25, 0.3) is 10.2 Å². The molecule has 3 aromatic rings. The standard InChI is InChI=1S/C20H19N3O4S2/c1-2-22-19(25)17-14-8-3-4-9-16(14)29-18(17)21-20(22)28-11-15(24)12-6-5-7-13(10-12)23(26)27/h5-7,10H,2-4,8-9,11H2,1H3. The summed E-state index contributed by atoms with van der Waals surface area (Å²) in [4.78, 5) is 42.8. The van der Waals surface area contributed by atoms with Gasteiger partial charge in [-0.2, -0.15) is 0 Å². The van der Waals surface area contributed by atoms with E-state index in [0.717, 1.165) is 41.5 Å². The van der Waals surface area contributed by atoms with E-state index < -0.39 is 4.92 Å². The number of thiophene rings is 1. The zero-order chi connectivity index (χ0) is 20.5. The summed E-state index contributed by atoms with van der Waals surface area (Å²) >= 11 is 2.79. The number of aryl methyl sites for hydroxylation is 2. The number of aromatic nitrogens is 2. The molecule has 0 saturated carbocycles. The number of hydrogen-bond donors (Lipinski definition) is 0. The predicted molar refractivity (Wildman–Crippen MR) is 114 cm³/mol. The smallest absolute Gasteiger partial charge is 0.270 e. The summed E-state index contributed by atoms with van der Waals surface area (Å²) in [5.41, 5.74) is 1.28. The molecule has 0 bridgehead atoms. The Morgan fingerprint density at radius 1 is 1.34 bits per heavy atom. The van der Waals surface area contributed by atoms with E-state index >= 15 is 0 Å². The monoisotopic (exact) mass is 429 g/mol. The second-order valence-corrected chi connectivity index (χ2v) is 8.88. The van der Waals surface area contributed by atoms with Crippen molar-refractivity contribution in [2.45, 2.75) is 44.3 Å². The van der Waals surface area contributed by atoms with E-state index in [1.54, 1.807) is 22.0 Å². The molecule has 2 heterocycles. The Morgan fingerprint density at radius 3 is 2.90 bits per heavy atom. The van der Waals surface area contributed by atoms with Crippen LogP contribution < -0.4 is 5.56 Å². The first kappa shape index (κ1) is 19.8. The van der Waals surface area contributed by atoms with Gasteiger partial charge in [-0.1, -0.05) is 23.9 Å². The van der Waals surface area contributed by atoms with Gasteiger partial charge >= 0.3 is 0 Å². The second-order valence-electron chi connectivity index (χ2n) is 6.85. The maximum Gasteiger partial charge on any atom is 0.270 e. The number of fused-ring (bicyclic) bond motifs is 3. The molecule has 0 fully saturated rings. The van der Waals surface area contributed by atoms with Crippen molar-refractivity contribution in [1.29, 1.82) is 0 Å². The summed E-state index contributed by atoms with van der Waals surface area (Å²) in [6.45, 7) is 2.36. The van der Waals surface area contributed by atoms with Gasteiger partial charge in [0.2, 0.25) is 0 Å². The lowest BCUT2D eigenvalue weighted by Crippen LogP contribution is -2.23. The SMILES string of the molecule is CCn1c(SCC(=O)c2cccc([N+](=O)[O-])c2)nc2sc3c(c2c1=O)CCCC3. The third-order valence-corrected chi connectivity index (χ3v) is 7.23. The first-order valence-corrected chi connectivity index (χ1v) is 11.2. The van der Waals surface area contributed by atoms with Crippen LogP contribution in [0.2, 0.25) is 0 Å². The predicted octanol–water partition coefficient (Wildman–Crippen LogP) is 4.24. The summed E-state index contributed by atoms with van der Waals surface area (Å²) in [5.74, 6) is -0.175. The summed E-state index contributed by atoms with van der Waals surface area (Å²) in [6, 6.07) is 5.69. The van der Waals surface area contributed by atoms with Gasteiger partial charge in [0.15, 0.2) is 10.9 Å². The zero-order valence-corrected chi connectivity index (χ0v) is 17.5. The van der Waals surface area contributed by atoms with E-state index in [9.17, 15) is 19.7 Å². The zero-order valence-electron chi connectivity index (χ0n) is 15.8. The number of benzene rings is 1. The van der Waals surface area contributed by atoms with Gasteiger partial charge in [0.25, 0.3) is 11.2 Å². The van der Waals surface area contributed by atoms with Gasteiger partial charge in [0.1, 0.15) is 4.83 Å². The normalized spacial score (nSPS) is 13.4. The molecule has 29 heavy (non-hydrogen) atoms. The van der Waals surface area contributed by atoms with Gasteiger partial charge in [-0.05, 0) is 38.2 Å². The van der Waals surface area contributed by atoms with E-state index in [1.807, 2.05) is 6.92 Å². The lowest BCUT2D eigenvalue weighted by molar-refractivity contribution is -0.384. The number of nitrogens with zero attached hydrogens (tertiary/aromatic N) is 3. The van der Waals surface area contributed by atoms with Gasteiger partial charge in [0, 0.05) is 29.1 Å². The maximum atomic E-state index is 13.1. The van der Waals surface area contributed by atoms with E-state index in [1.165, 1.54) is 34.8 Å². The second kappa shape index (κ2) is 8.08. The molecule has 150 valence electrons. The molecule has 0 atom stereocenters. The number of nitro benzene ring substituents is 1. The number of carbonyl (C=O) groups excluding carboxylic acids is 1. The van der Waals surface area contributed by atoms with Crippen molar-refractivity contribution >= 4 is 44.8 Å². The average molecular weight is 430 g/mol. The fourth-order valence-electron chi connectivity index (χ4n) is 3.62. The number of hydrogen-bond acceptors (Lipinski definition) is 7. The van der Waals surface area contributed by atoms with Crippen LogP contribution in [-0.4, -0.2) is 26.0 Å². The van der Waals surface area contributed by atoms with E-state index in [0.29, 0.717) is 11.7 Å². The molecular weight excluding hydrogens is 410 g/mol. The lowest BCUT2D eigenvalue weighted by Gasteiger charge is -2.12. The van der Waals surface area contributed by atoms with Crippen LogP contribution in [-0.2, 0) is 19.4 Å². The largest absolute Gasteiger partial charge is 0.293 e. The highest BCUT2D eigenvalue weighted by Crippen LogP contribution is 2.34. The fraction of sp³-hybridized carbons (Fsp3) is 0.350. The van der Waals surface area contributed by atoms with Crippen molar-refractivity contribution in [2.75, 3.05) is 5.75 Å². The summed E-state index contributed by atoms with van der Waals surface area (Å²) < 4.78 is 1.62. The van der Waals surface area contributed by atoms with Crippen LogP contribution in [0.1, 0.15) is 40.6 Å². The van der Waals surface area contributed by atoms with Crippen molar-refractivity contribution in [1.82, 2.24) is 9.55 Å². The van der Waals surface area contributed by atoms with Crippen LogP contribution in [0.3, 0.4) is 0 Å². The molecule has 2 aromatic heterocycles. The molecule has 0 unspecified atom stereocenters. The van der Waals surface area contributed by atoms with Crippen LogP contribution in [0.4, 0.5) is 5.69 Å². The Hall–Kier alpha value is -2.52. The Bertz CT molecular complexity index is 1180. The van der Waals surface area contributed by atoms with E-state index in [4.69, 9.17) is 4.98 Å². The molecule has 0 amide bonds. The molecule has 1 aromatic carbocycles. The molecular formula is C20H19N3O4S2. The van der Waals surface area contributed by atoms with Gasteiger partial charge in [-0.3, -0.25) is 24.3 Å². The van der Waals surface area contributed by atoms with Gasteiger partial charge < -0.3 is 0 Å². The van der Waals surface area contributed by atoms with E-state index in [2.05, 4.69) is 0 Å². The van der Waals surface area contributed by atoms with Gasteiger partial charge in [-0.25, -0.2) is 4.98 Å². The molecule has 1 aliphatic rings.